The summed E-state index contributed by atoms with van der Waals surface area (Å²) in [5.41, 5.74) is 9.42. The Bertz CT molecular complexity index is 3390. The zero-order valence-electron chi connectivity index (χ0n) is 30.6. The first-order valence-corrected chi connectivity index (χ1v) is 18.4. The molecule has 0 aliphatic rings. The van der Waals surface area contributed by atoms with Crippen LogP contribution in [0.3, 0.4) is 0 Å². The zero-order valence-corrected chi connectivity index (χ0v) is 30.6. The summed E-state index contributed by atoms with van der Waals surface area (Å²) in [6.07, 6.45) is 0. The van der Waals surface area contributed by atoms with Crippen molar-refractivity contribution in [3.05, 3.63) is 198 Å². The van der Waals surface area contributed by atoms with Gasteiger partial charge in [0.05, 0.1) is 70.5 Å². The molecular formula is C50H26N8. The molecule has 0 unspecified atom stereocenters. The number of fused-ring (bicyclic) bond motifs is 6. The summed E-state index contributed by atoms with van der Waals surface area (Å²) in [6.45, 7) is 24.1. The minimum Gasteiger partial charge on any atom is -0.319 e. The van der Waals surface area contributed by atoms with Crippen LogP contribution < -0.4 is 0 Å². The summed E-state index contributed by atoms with van der Waals surface area (Å²) >= 11 is 0. The molecule has 0 saturated carbocycles. The molecule has 3 aromatic heterocycles. The molecule has 8 nitrogen and oxygen atoms in total. The van der Waals surface area contributed by atoms with Crippen molar-refractivity contribution >= 4 is 60.7 Å². The molecule has 0 radical (unpaired) electrons. The molecule has 0 aliphatic carbocycles. The van der Waals surface area contributed by atoms with Crippen LogP contribution in [0.15, 0.2) is 158 Å². The Kier molecular flexibility index (Phi) is 7.84. The fourth-order valence-electron chi connectivity index (χ4n) is 8.10. The molecule has 0 fully saturated rings. The number of hydrogen-bond acceptors (Lipinski definition) is 3. The number of benzene rings is 7. The SMILES string of the molecule is [C-]#[N+]c1ccccc1-c1cc(-c2cc([N+]#[C-])c(-n3c4ccccc4c4cc(-n5c6ccccc6c6ccccc65)ccc43)cc2C#N)nc(-c2ccccc2[N+]#[C-])n1. The summed E-state index contributed by atoms with van der Waals surface area (Å²) in [7, 11) is 0. The van der Waals surface area contributed by atoms with Gasteiger partial charge in [0, 0.05) is 43.9 Å². The van der Waals surface area contributed by atoms with Crippen LogP contribution in [0.5, 0.6) is 0 Å². The number of nitriles is 1. The van der Waals surface area contributed by atoms with Crippen LogP contribution in [0.1, 0.15) is 5.56 Å². The molecule has 3 heterocycles. The summed E-state index contributed by atoms with van der Waals surface area (Å²) < 4.78 is 4.35. The van der Waals surface area contributed by atoms with Crippen molar-refractivity contribution in [1.82, 2.24) is 19.1 Å². The molecule has 7 aromatic carbocycles. The topological polar surface area (TPSA) is 72.5 Å². The number of hydrogen-bond donors (Lipinski definition) is 0. The van der Waals surface area contributed by atoms with Gasteiger partial charge in [0.1, 0.15) is 5.82 Å². The van der Waals surface area contributed by atoms with E-state index in [1.807, 2.05) is 36.4 Å². The van der Waals surface area contributed by atoms with Crippen LogP contribution in [0.4, 0.5) is 17.1 Å². The molecule has 0 spiro atoms. The molecule has 10 rings (SSSR count). The highest BCUT2D eigenvalue weighted by atomic mass is 15.0. The summed E-state index contributed by atoms with van der Waals surface area (Å²) in [6, 6.07) is 53.3. The average molecular weight is 739 g/mol. The number of aromatic nitrogens is 4. The second-order valence-electron chi connectivity index (χ2n) is 13.8. The van der Waals surface area contributed by atoms with Crippen LogP contribution in [-0.4, -0.2) is 19.1 Å². The third-order valence-corrected chi connectivity index (χ3v) is 10.7. The third-order valence-electron chi connectivity index (χ3n) is 10.7. The largest absolute Gasteiger partial charge is 0.319 e. The molecule has 266 valence electrons. The van der Waals surface area contributed by atoms with Crippen molar-refractivity contribution in [3.63, 3.8) is 0 Å². The van der Waals surface area contributed by atoms with Gasteiger partial charge in [-0.25, -0.2) is 24.5 Å². The first-order chi connectivity index (χ1) is 28.6. The van der Waals surface area contributed by atoms with E-state index in [0.29, 0.717) is 56.4 Å². The lowest BCUT2D eigenvalue weighted by Gasteiger charge is -2.15. The molecule has 0 N–H and O–H groups in total. The number of nitrogens with zero attached hydrogens (tertiary/aromatic N) is 8. The lowest BCUT2D eigenvalue weighted by atomic mass is 10.00. The second kappa shape index (κ2) is 13.5. The lowest BCUT2D eigenvalue weighted by Crippen LogP contribution is -2.00. The van der Waals surface area contributed by atoms with Crippen LogP contribution in [0.2, 0.25) is 0 Å². The molecule has 10 aromatic rings. The van der Waals surface area contributed by atoms with Crippen molar-refractivity contribution in [2.75, 3.05) is 0 Å². The van der Waals surface area contributed by atoms with Crippen molar-refractivity contribution in [2.45, 2.75) is 0 Å². The Balaban J connectivity index is 1.20. The molecule has 0 bridgehead atoms. The normalized spacial score (nSPS) is 11.0. The minimum absolute atomic E-state index is 0.276. The van der Waals surface area contributed by atoms with Crippen molar-refractivity contribution < 1.29 is 0 Å². The quantitative estimate of drug-likeness (QED) is 0.165. The van der Waals surface area contributed by atoms with Crippen LogP contribution in [-0.2, 0) is 0 Å². The fourth-order valence-corrected chi connectivity index (χ4v) is 8.10. The van der Waals surface area contributed by atoms with E-state index in [2.05, 4.69) is 103 Å². The van der Waals surface area contributed by atoms with Gasteiger partial charge in [0.15, 0.2) is 11.4 Å². The average Bonchev–Trinajstić information content (AvgIpc) is 3.80. The van der Waals surface area contributed by atoms with E-state index in [1.54, 1.807) is 48.5 Å². The van der Waals surface area contributed by atoms with Gasteiger partial charge in [0.25, 0.3) is 0 Å². The van der Waals surface area contributed by atoms with Gasteiger partial charge in [0.2, 0.25) is 5.69 Å². The smallest absolute Gasteiger partial charge is 0.211 e. The van der Waals surface area contributed by atoms with E-state index in [0.717, 1.165) is 38.5 Å². The predicted molar refractivity (Wildman–Crippen MR) is 231 cm³/mol. The van der Waals surface area contributed by atoms with E-state index in [4.69, 9.17) is 29.7 Å². The monoisotopic (exact) mass is 738 g/mol. The van der Waals surface area contributed by atoms with Crippen molar-refractivity contribution in [2.24, 2.45) is 0 Å². The maximum atomic E-state index is 10.8. The molecule has 0 amide bonds. The summed E-state index contributed by atoms with van der Waals surface area (Å²) in [4.78, 5) is 21.2. The fraction of sp³-hybridized carbons (Fsp3) is 0. The number of rotatable bonds is 5. The van der Waals surface area contributed by atoms with E-state index in [1.165, 1.54) is 10.8 Å². The molecule has 0 saturated heterocycles. The minimum atomic E-state index is 0.276. The van der Waals surface area contributed by atoms with Crippen LogP contribution in [0.25, 0.3) is 103 Å². The van der Waals surface area contributed by atoms with E-state index >= 15 is 0 Å². The zero-order chi connectivity index (χ0) is 39.3. The highest BCUT2D eigenvalue weighted by Gasteiger charge is 2.22. The molecule has 0 aliphatic heterocycles. The lowest BCUT2D eigenvalue weighted by molar-refractivity contribution is 1.16. The van der Waals surface area contributed by atoms with E-state index in [9.17, 15) is 5.26 Å². The summed E-state index contributed by atoms with van der Waals surface area (Å²) in [5, 5.41) is 15.2. The Morgan fingerprint density at radius 3 is 1.57 bits per heavy atom. The van der Waals surface area contributed by atoms with Crippen molar-refractivity contribution in [1.29, 1.82) is 5.26 Å². The second-order valence-corrected chi connectivity index (χ2v) is 13.8. The standard InChI is InChI=1S/C50H26N8/c1-52-40-19-9-4-17-36(40)42-29-43(56-50(55-42)37-18-5-10-20-41(37)53-2)38-28-44(54-3)49(26-31(38)30-51)58-47-23-13-8-16-35(47)39-27-32(24-25-48(39)58)57-45-21-11-6-14-33(45)34-15-7-12-22-46(34)57/h4-29H. The Labute approximate surface area is 332 Å². The molecule has 58 heavy (non-hydrogen) atoms. The first-order valence-electron chi connectivity index (χ1n) is 18.4. The van der Waals surface area contributed by atoms with E-state index in [-0.39, 0.29) is 5.82 Å². The van der Waals surface area contributed by atoms with Gasteiger partial charge in [-0.2, -0.15) is 5.26 Å². The number of para-hydroxylation sites is 5. The highest BCUT2D eigenvalue weighted by Crippen LogP contribution is 2.42. The summed E-state index contributed by atoms with van der Waals surface area (Å²) in [5.74, 6) is 0.276. The predicted octanol–water partition coefficient (Wildman–Crippen LogP) is 13.2. The van der Waals surface area contributed by atoms with Gasteiger partial charge in [-0.15, -0.1) is 0 Å². The van der Waals surface area contributed by atoms with Crippen LogP contribution >= 0.6 is 0 Å². The Morgan fingerprint density at radius 2 is 0.948 bits per heavy atom. The molecule has 0 atom stereocenters. The van der Waals surface area contributed by atoms with Gasteiger partial charge in [-0.3, -0.25) is 0 Å². The van der Waals surface area contributed by atoms with Gasteiger partial charge >= 0.3 is 0 Å². The van der Waals surface area contributed by atoms with Gasteiger partial charge in [-0.1, -0.05) is 103 Å². The maximum Gasteiger partial charge on any atom is 0.211 e. The Morgan fingerprint density at radius 1 is 0.448 bits per heavy atom. The van der Waals surface area contributed by atoms with E-state index < -0.39 is 0 Å². The van der Waals surface area contributed by atoms with Gasteiger partial charge in [-0.05, 0) is 54.6 Å². The maximum absolute atomic E-state index is 10.8. The third kappa shape index (κ3) is 5.19. The van der Waals surface area contributed by atoms with Crippen molar-refractivity contribution in [3.8, 4) is 51.3 Å². The highest BCUT2D eigenvalue weighted by molar-refractivity contribution is 6.12. The Hall–Kier alpha value is -8.82. The molecule has 8 heteroatoms. The first kappa shape index (κ1) is 33.7. The van der Waals surface area contributed by atoms with Gasteiger partial charge < -0.3 is 9.13 Å². The van der Waals surface area contributed by atoms with Crippen LogP contribution in [0, 0.1) is 31.0 Å². The molecular weight excluding hydrogens is 713 g/mol.